The average molecular weight is 357 g/mol. The molecule has 1 unspecified atom stereocenters. The summed E-state index contributed by atoms with van der Waals surface area (Å²) in [4.78, 5) is 0. The summed E-state index contributed by atoms with van der Waals surface area (Å²) in [6, 6.07) is 13.8. The van der Waals surface area contributed by atoms with Gasteiger partial charge in [-0.05, 0) is 44.0 Å². The first-order valence-corrected chi connectivity index (χ1v) is 9.14. The highest BCUT2D eigenvalue weighted by atomic mass is 32.2. The van der Waals surface area contributed by atoms with E-state index in [-0.39, 0.29) is 5.56 Å². The van der Waals surface area contributed by atoms with Crippen molar-refractivity contribution in [3.05, 3.63) is 71.6 Å². The molecule has 1 aliphatic rings. The first kappa shape index (κ1) is 16.3. The van der Waals surface area contributed by atoms with Gasteiger partial charge in [0.2, 0.25) is 0 Å². The van der Waals surface area contributed by atoms with E-state index in [0.29, 0.717) is 11.1 Å². The fourth-order valence-corrected chi connectivity index (χ4v) is 3.95. The van der Waals surface area contributed by atoms with E-state index < -0.39 is 16.9 Å². The number of nitrogens with zero attached hydrogens (tertiary/aromatic N) is 3. The van der Waals surface area contributed by atoms with Gasteiger partial charge in [0.1, 0.15) is 17.5 Å². The van der Waals surface area contributed by atoms with Gasteiger partial charge in [-0.3, -0.25) is 4.57 Å². The van der Waals surface area contributed by atoms with Gasteiger partial charge in [0, 0.05) is 22.4 Å². The van der Waals surface area contributed by atoms with Crippen LogP contribution in [-0.2, 0) is 0 Å². The van der Waals surface area contributed by atoms with Crippen LogP contribution in [0.2, 0.25) is 0 Å². The molecule has 4 rings (SSSR count). The van der Waals surface area contributed by atoms with Crippen LogP contribution < -0.4 is 0 Å². The van der Waals surface area contributed by atoms with E-state index in [2.05, 4.69) is 10.2 Å². The second-order valence-corrected chi connectivity index (χ2v) is 7.49. The first-order valence-electron chi connectivity index (χ1n) is 8.26. The molecular formula is C19H17F2N3S. The normalized spacial score (nSPS) is 15.3. The number of hydrogen-bond acceptors (Lipinski definition) is 3. The summed E-state index contributed by atoms with van der Waals surface area (Å²) in [7, 11) is 0. The van der Waals surface area contributed by atoms with Gasteiger partial charge in [0.05, 0.1) is 0 Å². The van der Waals surface area contributed by atoms with Crippen molar-refractivity contribution in [1.29, 1.82) is 0 Å². The Morgan fingerprint density at radius 1 is 1.00 bits per heavy atom. The Hall–Kier alpha value is -2.21. The smallest absolute Gasteiger partial charge is 0.196 e. The van der Waals surface area contributed by atoms with Crippen molar-refractivity contribution < 1.29 is 8.78 Å². The lowest BCUT2D eigenvalue weighted by Gasteiger charge is -2.15. The van der Waals surface area contributed by atoms with Gasteiger partial charge in [-0.1, -0.05) is 36.0 Å². The Morgan fingerprint density at radius 2 is 1.68 bits per heavy atom. The molecule has 1 atom stereocenters. The minimum Gasteiger partial charge on any atom is -0.274 e. The SMILES string of the molecule is CC(Sc1nnc(C2CC2)n1-c1ccccc1)c1c(F)cccc1F. The average Bonchev–Trinajstić information content (AvgIpc) is 3.36. The topological polar surface area (TPSA) is 30.7 Å². The molecule has 0 spiro atoms. The van der Waals surface area contributed by atoms with E-state index in [1.54, 1.807) is 6.92 Å². The fraction of sp³-hybridized carbons (Fsp3) is 0.263. The number of benzene rings is 2. The van der Waals surface area contributed by atoms with E-state index in [1.807, 2.05) is 34.9 Å². The molecule has 0 saturated heterocycles. The van der Waals surface area contributed by atoms with Gasteiger partial charge in [0.25, 0.3) is 0 Å². The Labute approximate surface area is 149 Å². The van der Waals surface area contributed by atoms with Crippen LogP contribution in [0.1, 0.15) is 42.3 Å². The van der Waals surface area contributed by atoms with Gasteiger partial charge in [-0.2, -0.15) is 0 Å². The summed E-state index contributed by atoms with van der Waals surface area (Å²) < 4.78 is 30.2. The molecule has 0 radical (unpaired) electrons. The third-order valence-corrected chi connectivity index (χ3v) is 5.37. The van der Waals surface area contributed by atoms with Gasteiger partial charge >= 0.3 is 0 Å². The summed E-state index contributed by atoms with van der Waals surface area (Å²) in [5.41, 5.74) is 1.04. The molecule has 1 saturated carbocycles. The maximum atomic E-state index is 14.1. The highest BCUT2D eigenvalue weighted by Gasteiger charge is 2.31. The minimum absolute atomic E-state index is 0.0723. The Kier molecular flexibility index (Phi) is 4.29. The van der Waals surface area contributed by atoms with E-state index in [0.717, 1.165) is 24.4 Å². The van der Waals surface area contributed by atoms with E-state index >= 15 is 0 Å². The maximum Gasteiger partial charge on any atom is 0.196 e. The van der Waals surface area contributed by atoms with Crippen LogP contribution in [0, 0.1) is 11.6 Å². The van der Waals surface area contributed by atoms with Crippen molar-refractivity contribution in [2.24, 2.45) is 0 Å². The van der Waals surface area contributed by atoms with Crippen molar-refractivity contribution >= 4 is 11.8 Å². The van der Waals surface area contributed by atoms with Crippen LogP contribution in [0.4, 0.5) is 8.78 Å². The van der Waals surface area contributed by atoms with Crippen molar-refractivity contribution in [1.82, 2.24) is 14.8 Å². The van der Waals surface area contributed by atoms with Gasteiger partial charge in [-0.15, -0.1) is 10.2 Å². The summed E-state index contributed by atoms with van der Waals surface area (Å²) in [6.07, 6.45) is 2.21. The molecular weight excluding hydrogens is 340 g/mol. The molecule has 3 aromatic rings. The number of aromatic nitrogens is 3. The molecule has 25 heavy (non-hydrogen) atoms. The molecule has 1 aromatic heterocycles. The number of hydrogen-bond donors (Lipinski definition) is 0. The van der Waals surface area contributed by atoms with Crippen molar-refractivity contribution in [2.45, 2.75) is 36.1 Å². The van der Waals surface area contributed by atoms with Crippen molar-refractivity contribution in [3.8, 4) is 5.69 Å². The van der Waals surface area contributed by atoms with Crippen molar-refractivity contribution in [2.75, 3.05) is 0 Å². The van der Waals surface area contributed by atoms with Gasteiger partial charge < -0.3 is 0 Å². The summed E-state index contributed by atoms with van der Waals surface area (Å²) in [5, 5.41) is 8.90. The van der Waals surface area contributed by atoms with Crippen LogP contribution in [0.5, 0.6) is 0 Å². The predicted molar refractivity (Wildman–Crippen MR) is 94.0 cm³/mol. The molecule has 2 aromatic carbocycles. The minimum atomic E-state index is -0.534. The maximum absolute atomic E-state index is 14.1. The fourth-order valence-electron chi connectivity index (χ4n) is 2.90. The summed E-state index contributed by atoms with van der Waals surface area (Å²) in [5.74, 6) is 0.277. The van der Waals surface area contributed by atoms with Crippen molar-refractivity contribution in [3.63, 3.8) is 0 Å². The lowest BCUT2D eigenvalue weighted by molar-refractivity contribution is 0.557. The highest BCUT2D eigenvalue weighted by Crippen LogP contribution is 2.43. The number of halogens is 2. The standard InChI is InChI=1S/C19H17F2N3S/c1-12(17-15(20)8-5-9-16(17)21)25-19-23-22-18(13-10-11-13)24(19)14-6-3-2-4-7-14/h2-9,12-13H,10-11H2,1H3. The molecule has 0 aliphatic heterocycles. The second-order valence-electron chi connectivity index (χ2n) is 6.18. The number of thioether (sulfide) groups is 1. The molecule has 0 bridgehead atoms. The van der Waals surface area contributed by atoms with E-state index in [9.17, 15) is 8.78 Å². The predicted octanol–water partition coefficient (Wildman–Crippen LogP) is 5.28. The third-order valence-electron chi connectivity index (χ3n) is 4.30. The van der Waals surface area contributed by atoms with Crippen LogP contribution in [0.15, 0.2) is 53.7 Å². The Bertz CT molecular complexity index is 871. The molecule has 1 aliphatic carbocycles. The van der Waals surface area contributed by atoms with Gasteiger partial charge in [0.15, 0.2) is 5.16 Å². The zero-order chi connectivity index (χ0) is 17.4. The second kappa shape index (κ2) is 6.59. The molecule has 0 N–H and O–H groups in total. The number of rotatable bonds is 5. The van der Waals surface area contributed by atoms with Gasteiger partial charge in [-0.25, -0.2) is 8.78 Å². The first-order chi connectivity index (χ1) is 12.1. The highest BCUT2D eigenvalue weighted by molar-refractivity contribution is 7.99. The van der Waals surface area contributed by atoms with Crippen LogP contribution in [0.25, 0.3) is 5.69 Å². The van der Waals surface area contributed by atoms with E-state index in [1.165, 1.54) is 30.0 Å². The Balaban J connectivity index is 1.71. The zero-order valence-electron chi connectivity index (χ0n) is 13.7. The Morgan fingerprint density at radius 3 is 2.32 bits per heavy atom. The summed E-state index contributed by atoms with van der Waals surface area (Å²) >= 11 is 1.32. The van der Waals surface area contributed by atoms with Crippen LogP contribution in [-0.4, -0.2) is 14.8 Å². The third kappa shape index (κ3) is 3.18. The molecule has 3 nitrogen and oxygen atoms in total. The lowest BCUT2D eigenvalue weighted by Crippen LogP contribution is -2.04. The molecule has 128 valence electrons. The molecule has 6 heteroatoms. The number of para-hydroxylation sites is 1. The lowest BCUT2D eigenvalue weighted by atomic mass is 10.1. The summed E-state index contributed by atoms with van der Waals surface area (Å²) in [6.45, 7) is 1.78. The van der Waals surface area contributed by atoms with E-state index in [4.69, 9.17) is 0 Å². The molecule has 0 amide bonds. The quantitative estimate of drug-likeness (QED) is 0.582. The largest absolute Gasteiger partial charge is 0.274 e. The zero-order valence-corrected chi connectivity index (χ0v) is 14.5. The molecule has 1 fully saturated rings. The molecule has 1 heterocycles. The van der Waals surface area contributed by atoms with Crippen LogP contribution >= 0.6 is 11.8 Å². The monoisotopic (exact) mass is 357 g/mol. The van der Waals surface area contributed by atoms with Crippen LogP contribution in [0.3, 0.4) is 0 Å².